The zero-order chi connectivity index (χ0) is 29.0. The van der Waals surface area contributed by atoms with Crippen molar-refractivity contribution < 1.29 is 19.7 Å². The normalized spacial score (nSPS) is 16.8. The number of piperidine rings is 2. The molecule has 42 heavy (non-hydrogen) atoms. The number of phenols is 2. The summed E-state index contributed by atoms with van der Waals surface area (Å²) in [6.45, 7) is 7.56. The summed E-state index contributed by atoms with van der Waals surface area (Å²) < 4.78 is 11.9. The number of aliphatic imine (C=N–C) groups is 2. The van der Waals surface area contributed by atoms with Gasteiger partial charge in [0.15, 0.2) is 0 Å². The van der Waals surface area contributed by atoms with Gasteiger partial charge >= 0.3 is 0 Å². The molecule has 2 heterocycles. The molecule has 0 atom stereocenters. The number of hydrogen-bond acceptors (Lipinski definition) is 8. The quantitative estimate of drug-likeness (QED) is 0.248. The van der Waals surface area contributed by atoms with Crippen LogP contribution >= 0.6 is 0 Å². The van der Waals surface area contributed by atoms with Crippen LogP contribution in [0.3, 0.4) is 0 Å². The maximum atomic E-state index is 10.4. The van der Waals surface area contributed by atoms with Crippen LogP contribution in [0.1, 0.15) is 49.7 Å². The minimum Gasteiger partial charge on any atom is -0.507 e. The fourth-order valence-electron chi connectivity index (χ4n) is 5.36. The SMILES string of the molecule is Oc1ccc(OCCN2CCCCC2)cc1C=Nc1ccccc1N=Cc1cc(OCCN2CCCCC2)ccc1O. The van der Waals surface area contributed by atoms with E-state index in [9.17, 15) is 10.2 Å². The third kappa shape index (κ3) is 8.81. The molecule has 0 unspecified atom stereocenters. The van der Waals surface area contributed by atoms with Gasteiger partial charge in [0.05, 0.1) is 11.4 Å². The average molecular weight is 571 g/mol. The van der Waals surface area contributed by atoms with Crippen molar-refractivity contribution in [1.29, 1.82) is 0 Å². The van der Waals surface area contributed by atoms with E-state index >= 15 is 0 Å². The molecule has 0 bridgehead atoms. The first-order chi connectivity index (χ1) is 20.6. The number of para-hydroxylation sites is 2. The van der Waals surface area contributed by atoms with Crippen molar-refractivity contribution in [3.8, 4) is 23.0 Å². The summed E-state index contributed by atoms with van der Waals surface area (Å²) in [5.74, 6) is 1.66. The molecule has 2 saturated heterocycles. The van der Waals surface area contributed by atoms with E-state index in [4.69, 9.17) is 9.47 Å². The third-order valence-corrected chi connectivity index (χ3v) is 7.82. The molecule has 2 N–H and O–H groups in total. The van der Waals surface area contributed by atoms with Crippen LogP contribution in [0.15, 0.2) is 70.6 Å². The summed E-state index contributed by atoms with van der Waals surface area (Å²) in [6, 6.07) is 17.9. The van der Waals surface area contributed by atoms with Gasteiger partial charge in [0.2, 0.25) is 0 Å². The summed E-state index contributed by atoms with van der Waals surface area (Å²) in [5, 5.41) is 20.9. The van der Waals surface area contributed by atoms with Gasteiger partial charge in [-0.1, -0.05) is 25.0 Å². The van der Waals surface area contributed by atoms with Crippen LogP contribution in [-0.4, -0.2) is 84.9 Å². The van der Waals surface area contributed by atoms with Crippen molar-refractivity contribution in [2.45, 2.75) is 38.5 Å². The van der Waals surface area contributed by atoms with E-state index in [1.165, 1.54) is 38.5 Å². The van der Waals surface area contributed by atoms with Gasteiger partial charge in [-0.25, -0.2) is 0 Å². The maximum Gasteiger partial charge on any atom is 0.124 e. The summed E-state index contributed by atoms with van der Waals surface area (Å²) in [4.78, 5) is 14.1. The predicted octanol–water partition coefficient (Wildman–Crippen LogP) is 6.33. The summed E-state index contributed by atoms with van der Waals surface area (Å²) in [7, 11) is 0. The molecule has 2 aliphatic rings. The Morgan fingerprint density at radius 3 is 1.45 bits per heavy atom. The number of rotatable bonds is 12. The van der Waals surface area contributed by atoms with Crippen LogP contribution in [-0.2, 0) is 0 Å². The van der Waals surface area contributed by atoms with Crippen molar-refractivity contribution in [1.82, 2.24) is 9.80 Å². The molecule has 3 aromatic carbocycles. The Balaban J connectivity index is 1.21. The van der Waals surface area contributed by atoms with Crippen LogP contribution in [0.2, 0.25) is 0 Å². The first-order valence-corrected chi connectivity index (χ1v) is 15.2. The first-order valence-electron chi connectivity index (χ1n) is 15.2. The lowest BCUT2D eigenvalue weighted by Gasteiger charge is -2.26. The van der Waals surface area contributed by atoms with Gasteiger partial charge < -0.3 is 19.7 Å². The molecule has 8 nitrogen and oxygen atoms in total. The van der Waals surface area contributed by atoms with Gasteiger partial charge in [0.25, 0.3) is 0 Å². The number of nitrogens with zero attached hydrogens (tertiary/aromatic N) is 4. The van der Waals surface area contributed by atoms with E-state index in [1.807, 2.05) is 24.3 Å². The number of ether oxygens (including phenoxy) is 2. The molecule has 5 rings (SSSR count). The predicted molar refractivity (Wildman–Crippen MR) is 169 cm³/mol. The molecular weight excluding hydrogens is 528 g/mol. The molecule has 0 aliphatic carbocycles. The smallest absolute Gasteiger partial charge is 0.124 e. The fourth-order valence-corrected chi connectivity index (χ4v) is 5.36. The molecule has 0 radical (unpaired) electrons. The monoisotopic (exact) mass is 570 g/mol. The average Bonchev–Trinajstić information content (AvgIpc) is 3.03. The van der Waals surface area contributed by atoms with Crippen molar-refractivity contribution in [2.24, 2.45) is 9.98 Å². The van der Waals surface area contributed by atoms with E-state index in [0.29, 0.717) is 47.2 Å². The fraction of sp³-hybridized carbons (Fsp3) is 0.412. The number of benzene rings is 3. The van der Waals surface area contributed by atoms with E-state index < -0.39 is 0 Å². The Morgan fingerprint density at radius 1 is 0.595 bits per heavy atom. The molecule has 8 heteroatoms. The highest BCUT2D eigenvalue weighted by Gasteiger charge is 2.11. The van der Waals surface area contributed by atoms with Gasteiger partial charge in [-0.05, 0) is 100 Å². The molecule has 3 aromatic rings. The second-order valence-corrected chi connectivity index (χ2v) is 10.9. The van der Waals surface area contributed by atoms with Crippen molar-refractivity contribution in [3.05, 3.63) is 71.8 Å². The topological polar surface area (TPSA) is 90.1 Å². The second kappa shape index (κ2) is 15.4. The Kier molecular flexibility index (Phi) is 10.8. The number of likely N-dealkylation sites (tertiary alicyclic amines) is 2. The first kappa shape index (κ1) is 29.6. The minimum atomic E-state index is 0.130. The minimum absolute atomic E-state index is 0.130. The number of phenolic OH excluding ortho intramolecular Hbond substituents is 2. The second-order valence-electron chi connectivity index (χ2n) is 10.9. The van der Waals surface area contributed by atoms with Crippen molar-refractivity contribution in [3.63, 3.8) is 0 Å². The zero-order valence-corrected chi connectivity index (χ0v) is 24.3. The highest BCUT2D eigenvalue weighted by Crippen LogP contribution is 2.30. The zero-order valence-electron chi connectivity index (χ0n) is 24.3. The third-order valence-electron chi connectivity index (χ3n) is 7.82. The van der Waals surface area contributed by atoms with Crippen LogP contribution in [0.5, 0.6) is 23.0 Å². The number of aromatic hydroxyl groups is 2. The standard InChI is InChI=1S/C34H42N4O4/c39-33-13-11-29(41-21-19-37-15-5-1-6-16-37)23-27(33)25-35-31-9-3-4-10-32(31)36-26-28-24-30(12-14-34(28)40)42-22-20-38-17-7-2-8-18-38/h3-4,9-14,23-26,39-40H,1-2,5-8,15-22H2. The lowest BCUT2D eigenvalue weighted by atomic mass is 10.1. The Bertz CT molecular complexity index is 1240. The molecular formula is C34H42N4O4. The Hall–Kier alpha value is -3.88. The van der Waals surface area contributed by atoms with Crippen LogP contribution in [0.25, 0.3) is 0 Å². The summed E-state index contributed by atoms with van der Waals surface area (Å²) in [6.07, 6.45) is 10.9. The number of hydrogen-bond donors (Lipinski definition) is 2. The molecule has 2 aliphatic heterocycles. The molecule has 222 valence electrons. The molecule has 2 fully saturated rings. The van der Waals surface area contributed by atoms with Gasteiger partial charge in [-0.3, -0.25) is 19.8 Å². The molecule has 0 spiro atoms. The maximum absolute atomic E-state index is 10.4. The Morgan fingerprint density at radius 2 is 1.02 bits per heavy atom. The lowest BCUT2D eigenvalue weighted by Crippen LogP contribution is -2.33. The van der Waals surface area contributed by atoms with Crippen molar-refractivity contribution >= 4 is 23.8 Å². The Labute approximate surface area is 248 Å². The largest absolute Gasteiger partial charge is 0.507 e. The molecule has 0 amide bonds. The van der Waals surface area contributed by atoms with E-state index in [2.05, 4.69) is 19.8 Å². The highest BCUT2D eigenvalue weighted by atomic mass is 16.5. The van der Waals surface area contributed by atoms with Crippen LogP contribution < -0.4 is 9.47 Å². The van der Waals surface area contributed by atoms with E-state index in [1.54, 1.807) is 48.8 Å². The summed E-state index contributed by atoms with van der Waals surface area (Å²) in [5.41, 5.74) is 2.41. The van der Waals surface area contributed by atoms with Crippen molar-refractivity contribution in [2.75, 3.05) is 52.5 Å². The van der Waals surface area contributed by atoms with Gasteiger partial charge in [-0.2, -0.15) is 0 Å². The summed E-state index contributed by atoms with van der Waals surface area (Å²) >= 11 is 0. The van der Waals surface area contributed by atoms with E-state index in [-0.39, 0.29) is 11.5 Å². The van der Waals surface area contributed by atoms with Gasteiger partial charge in [0.1, 0.15) is 36.2 Å². The van der Waals surface area contributed by atoms with E-state index in [0.717, 1.165) is 39.3 Å². The van der Waals surface area contributed by atoms with Gasteiger partial charge in [0, 0.05) is 36.6 Å². The molecule has 0 saturated carbocycles. The van der Waals surface area contributed by atoms with Crippen LogP contribution in [0.4, 0.5) is 11.4 Å². The van der Waals surface area contributed by atoms with Crippen LogP contribution in [0, 0.1) is 0 Å². The van der Waals surface area contributed by atoms with Gasteiger partial charge in [-0.15, -0.1) is 0 Å². The molecule has 0 aromatic heterocycles. The lowest BCUT2D eigenvalue weighted by molar-refractivity contribution is 0.183. The highest BCUT2D eigenvalue weighted by molar-refractivity contribution is 5.89.